The fourth-order valence-corrected chi connectivity index (χ4v) is 2.96. The molecule has 1 aliphatic heterocycles. The van der Waals surface area contributed by atoms with Gasteiger partial charge in [0.25, 0.3) is 0 Å². The monoisotopic (exact) mass is 612 g/mol. The summed E-state index contributed by atoms with van der Waals surface area (Å²) in [5.74, 6) is 1.11. The average Bonchev–Trinajstić information content (AvgIpc) is 2.50. The van der Waals surface area contributed by atoms with Gasteiger partial charge in [-0.1, -0.05) is 0 Å². The largest absolute Gasteiger partial charge is 0.387 e. The maximum absolute atomic E-state index is 11.7. The fraction of sp³-hybridized carbons (Fsp3) is 0.833. The smallest absolute Gasteiger partial charge is 0.163 e. The van der Waals surface area contributed by atoms with E-state index in [9.17, 15) is 14.8 Å². The van der Waals surface area contributed by atoms with Crippen LogP contribution in [0.25, 0.3) is 0 Å². The van der Waals surface area contributed by atoms with E-state index >= 15 is 0 Å². The molecule has 0 aromatic carbocycles. The number of hydrogen-bond acceptors (Lipinski definition) is 5. The molecule has 22 heavy (non-hydrogen) atoms. The summed E-state index contributed by atoms with van der Waals surface area (Å²) in [7, 11) is 3.31. The van der Waals surface area contributed by atoms with E-state index in [0.29, 0.717) is 6.16 Å². The van der Waals surface area contributed by atoms with Crippen LogP contribution in [-0.4, -0.2) is 54.6 Å². The molecule has 0 aromatic rings. The van der Waals surface area contributed by atoms with Gasteiger partial charge in [0.05, 0.1) is 6.61 Å². The Kier molecular flexibility index (Phi) is 17.0. The normalized spacial score (nSPS) is 33.3. The first-order valence-electron chi connectivity index (χ1n) is 6.28. The molecule has 0 aliphatic carbocycles. The number of ether oxygens (including phenoxy) is 1. The molecule has 0 saturated carbocycles. The fourth-order valence-electron chi connectivity index (χ4n) is 1.70. The quantitative estimate of drug-likeness (QED) is 0.261. The summed E-state index contributed by atoms with van der Waals surface area (Å²) in [6.45, 7) is 8.98. The zero-order chi connectivity index (χ0) is 14.8. The van der Waals surface area contributed by atoms with E-state index in [1.165, 1.54) is 6.92 Å². The average molecular weight is 612 g/mol. The molecule has 0 amide bonds. The summed E-state index contributed by atoms with van der Waals surface area (Å²) in [5.41, 5.74) is -1.52. The van der Waals surface area contributed by atoms with E-state index in [0.717, 1.165) is 5.92 Å². The zero-order valence-electron chi connectivity index (χ0n) is 13.1. The molecule has 0 aromatic heterocycles. The van der Waals surface area contributed by atoms with Crippen molar-refractivity contribution in [3.8, 4) is 0 Å². The summed E-state index contributed by atoms with van der Waals surface area (Å²) >= 11 is 0. The topological polar surface area (TPSA) is 76.0 Å². The van der Waals surface area contributed by atoms with Crippen LogP contribution in [-0.2, 0) is 86.2 Å². The maximum atomic E-state index is 11.7. The molecule has 0 bridgehead atoms. The van der Waals surface area contributed by atoms with Gasteiger partial charge >= 0.3 is 0 Å². The Labute approximate surface area is 186 Å². The Bertz CT molecular complexity index is 341. The standard InChI is InChI=1S/C12H22BO5P.V.W.Y/c1-7(2)8(3)6-19(16)17-5-9-10(14)12(4,15)11(13)18-9;;;/h7,9-11,14-15,19H,1,5-6H2,2-4H3;;;/q-2;;;/t7?,9-,10-,11-,12-;;;/m1.../s1. The van der Waals surface area contributed by atoms with Crippen LogP contribution in [0.15, 0.2) is 0 Å². The molecule has 1 fully saturated rings. The second-order valence-corrected chi connectivity index (χ2v) is 6.76. The molecule has 124 valence electrons. The van der Waals surface area contributed by atoms with Crippen molar-refractivity contribution in [1.82, 2.24) is 0 Å². The number of hydrogen-bond donors (Lipinski definition) is 2. The van der Waals surface area contributed by atoms with Gasteiger partial charge in [-0.05, 0) is 6.92 Å². The Morgan fingerprint density at radius 1 is 1.59 bits per heavy atom. The SMILES string of the molecule is [B][C@@H]1O[C@H](CO[PH](=O)C[C-](C)C([CH2-])C)[C@@H](O)[C@@]1(C)O.[V].[W].[Y]. The van der Waals surface area contributed by atoms with Crippen LogP contribution in [0.5, 0.6) is 0 Å². The predicted molar refractivity (Wildman–Crippen MR) is 74.3 cm³/mol. The number of rotatable bonds is 6. The number of aliphatic hydroxyl groups is 2. The van der Waals surface area contributed by atoms with Crippen molar-refractivity contribution in [2.24, 2.45) is 5.92 Å². The first kappa shape index (κ1) is 29.3. The van der Waals surface area contributed by atoms with Gasteiger partial charge in [0.15, 0.2) is 8.03 Å². The minimum Gasteiger partial charge on any atom is -0.387 e. The van der Waals surface area contributed by atoms with E-state index in [2.05, 4.69) is 6.92 Å². The van der Waals surface area contributed by atoms with Crippen LogP contribution >= 0.6 is 8.03 Å². The van der Waals surface area contributed by atoms with Crippen molar-refractivity contribution >= 4 is 15.9 Å². The summed E-state index contributed by atoms with van der Waals surface area (Å²) in [6, 6.07) is -0.980. The Morgan fingerprint density at radius 3 is 2.45 bits per heavy atom. The van der Waals surface area contributed by atoms with E-state index < -0.39 is 31.8 Å². The third-order valence-electron chi connectivity index (χ3n) is 3.52. The molecule has 1 heterocycles. The first-order valence-corrected chi connectivity index (χ1v) is 7.81. The third-order valence-corrected chi connectivity index (χ3v) is 4.86. The molecule has 5 nitrogen and oxygen atoms in total. The molecule has 1 aliphatic rings. The van der Waals surface area contributed by atoms with Crippen molar-refractivity contribution < 1.29 is 96.4 Å². The van der Waals surface area contributed by atoms with Gasteiger partial charge in [-0.25, -0.2) is 0 Å². The molecule has 1 saturated heterocycles. The van der Waals surface area contributed by atoms with E-state index in [4.69, 9.17) is 17.1 Å². The van der Waals surface area contributed by atoms with Crippen LogP contribution in [0.4, 0.5) is 0 Å². The summed E-state index contributed by atoms with van der Waals surface area (Å²) in [4.78, 5) is 0. The first-order chi connectivity index (χ1) is 8.66. The van der Waals surface area contributed by atoms with Gasteiger partial charge in [0, 0.05) is 78.3 Å². The van der Waals surface area contributed by atoms with Gasteiger partial charge in [0.2, 0.25) is 0 Å². The Balaban J connectivity index is -0.00000120. The Morgan fingerprint density at radius 2 is 2.09 bits per heavy atom. The Hall–Kier alpha value is 2.51. The zero-order valence-corrected chi connectivity index (χ0v) is 21.2. The second kappa shape index (κ2) is 12.8. The predicted octanol–water partition coefficient (Wildman–Crippen LogP) is 0.540. The minimum atomic E-state index is -2.24. The molecular formula is C12H22BO5PVWY-2. The van der Waals surface area contributed by atoms with Crippen molar-refractivity contribution in [2.45, 2.75) is 44.6 Å². The van der Waals surface area contributed by atoms with Crippen molar-refractivity contribution in [1.29, 1.82) is 0 Å². The van der Waals surface area contributed by atoms with Crippen molar-refractivity contribution in [3.63, 3.8) is 0 Å². The third kappa shape index (κ3) is 8.26. The minimum absolute atomic E-state index is 0. The molecule has 1 rings (SSSR count). The van der Waals surface area contributed by atoms with E-state index in [-0.39, 0.29) is 84.9 Å². The van der Waals surface area contributed by atoms with Gasteiger partial charge in [-0.15, -0.1) is 13.1 Å². The summed E-state index contributed by atoms with van der Waals surface area (Å²) < 4.78 is 22.2. The molecule has 2 N–H and O–H groups in total. The van der Waals surface area contributed by atoms with E-state index in [1.807, 2.05) is 13.8 Å². The van der Waals surface area contributed by atoms with Crippen LogP contribution in [0.3, 0.4) is 0 Å². The second-order valence-electron chi connectivity index (χ2n) is 5.37. The van der Waals surface area contributed by atoms with Gasteiger partial charge in [-0.3, -0.25) is 4.57 Å². The van der Waals surface area contributed by atoms with Crippen LogP contribution in [0, 0.1) is 18.8 Å². The number of aliphatic hydroxyl groups excluding tert-OH is 1. The molecule has 6 atom stereocenters. The molecule has 2 unspecified atom stereocenters. The van der Waals surface area contributed by atoms with Crippen LogP contribution in [0.1, 0.15) is 20.8 Å². The van der Waals surface area contributed by atoms with Crippen LogP contribution in [0.2, 0.25) is 0 Å². The van der Waals surface area contributed by atoms with E-state index in [1.54, 1.807) is 0 Å². The van der Waals surface area contributed by atoms with Gasteiger partial charge in [0.1, 0.15) is 25.7 Å². The molecule has 10 heteroatoms. The maximum Gasteiger partial charge on any atom is 0.163 e. The van der Waals surface area contributed by atoms with Crippen LogP contribution < -0.4 is 0 Å². The van der Waals surface area contributed by atoms with Crippen molar-refractivity contribution in [3.05, 3.63) is 12.8 Å². The summed E-state index contributed by atoms with van der Waals surface area (Å²) in [5, 5.41) is 19.7. The van der Waals surface area contributed by atoms with Crippen molar-refractivity contribution in [2.75, 3.05) is 12.8 Å². The molecule has 0 spiro atoms. The van der Waals surface area contributed by atoms with Gasteiger partial charge in [-0.2, -0.15) is 6.92 Å². The molecule has 4 radical (unpaired) electrons. The van der Waals surface area contributed by atoms with Gasteiger partial charge < -0.3 is 38.2 Å². The summed E-state index contributed by atoms with van der Waals surface area (Å²) in [6.07, 6.45) is -1.56. The molecular weight excluding hydrogens is 590 g/mol.